The minimum absolute atomic E-state index is 0.0258. The van der Waals surface area contributed by atoms with Crippen molar-refractivity contribution in [2.45, 2.75) is 38.5 Å². The van der Waals surface area contributed by atoms with Crippen LogP contribution in [0.2, 0.25) is 5.02 Å². The third-order valence-electron chi connectivity index (χ3n) is 8.37. The number of aliphatic hydroxyl groups is 3. The molecule has 0 bridgehead atoms. The van der Waals surface area contributed by atoms with Crippen molar-refractivity contribution in [2.75, 3.05) is 55.6 Å². The van der Waals surface area contributed by atoms with Gasteiger partial charge in [0.15, 0.2) is 0 Å². The molecule has 2 aromatic heterocycles. The van der Waals surface area contributed by atoms with Gasteiger partial charge in [-0.2, -0.15) is 33.2 Å². The molecule has 3 aromatic rings. The van der Waals surface area contributed by atoms with E-state index in [0.717, 1.165) is 30.1 Å². The van der Waals surface area contributed by atoms with Crippen LogP contribution in [0.4, 0.5) is 24.9 Å². The first-order valence-electron chi connectivity index (χ1n) is 14.7. The molecule has 1 unspecified atom stereocenters. The molecule has 0 radical (unpaired) electrons. The number of anilines is 2. The van der Waals surface area contributed by atoms with E-state index in [2.05, 4.69) is 15.0 Å². The van der Waals surface area contributed by atoms with Crippen LogP contribution in [-0.2, 0) is 11.0 Å². The van der Waals surface area contributed by atoms with Gasteiger partial charge in [-0.1, -0.05) is 31.5 Å². The van der Waals surface area contributed by atoms with Crippen LogP contribution in [0.3, 0.4) is 0 Å². The Bertz CT molecular complexity index is 1820. The molecule has 1 aromatic carbocycles. The highest BCUT2D eigenvalue weighted by Crippen LogP contribution is 2.38. The van der Waals surface area contributed by atoms with E-state index in [9.17, 15) is 43.3 Å². The zero-order valence-electron chi connectivity index (χ0n) is 25.3. The summed E-state index contributed by atoms with van der Waals surface area (Å²) >= 11 is 5.92. The monoisotopic (exact) mass is 677 g/mol. The fourth-order valence-corrected chi connectivity index (χ4v) is 6.21. The molecule has 14 nitrogen and oxygen atoms in total. The SMILES string of the molecule is CCN(CC)C1CN(c2nc(N3CCN(C(=O)C(O)=C(O)O)C(CC#N)C3)c3cnn(-c4cccc(Cl)c4C(F)(F)F)c(=O)c3n2)C1. The van der Waals surface area contributed by atoms with Gasteiger partial charge in [-0.25, -0.2) is 4.98 Å². The maximum atomic E-state index is 14.0. The average Bonchev–Trinajstić information content (AvgIpc) is 3.01. The van der Waals surface area contributed by atoms with Gasteiger partial charge < -0.3 is 30.0 Å². The zero-order valence-corrected chi connectivity index (χ0v) is 26.1. The van der Waals surface area contributed by atoms with Crippen LogP contribution < -0.4 is 15.4 Å². The van der Waals surface area contributed by atoms with Crippen LogP contribution in [0.15, 0.2) is 40.9 Å². The Morgan fingerprint density at radius 1 is 1.11 bits per heavy atom. The highest BCUT2D eigenvalue weighted by Gasteiger charge is 2.39. The number of hydrogen-bond acceptors (Lipinski definition) is 12. The van der Waals surface area contributed by atoms with Gasteiger partial charge in [0, 0.05) is 38.8 Å². The lowest BCUT2D eigenvalue weighted by molar-refractivity contribution is -0.137. The normalized spacial score (nSPS) is 17.1. The molecule has 47 heavy (non-hydrogen) atoms. The van der Waals surface area contributed by atoms with Crippen LogP contribution in [0, 0.1) is 11.3 Å². The van der Waals surface area contributed by atoms with Crippen LogP contribution >= 0.6 is 11.6 Å². The first-order valence-corrected chi connectivity index (χ1v) is 15.1. The van der Waals surface area contributed by atoms with E-state index < -0.39 is 51.7 Å². The van der Waals surface area contributed by atoms with Gasteiger partial charge in [0.25, 0.3) is 17.2 Å². The van der Waals surface area contributed by atoms with Crippen molar-refractivity contribution < 1.29 is 33.3 Å². The number of nitrogens with zero attached hydrogens (tertiary/aromatic N) is 9. The molecule has 0 saturated carbocycles. The Balaban J connectivity index is 1.63. The van der Waals surface area contributed by atoms with E-state index >= 15 is 0 Å². The van der Waals surface area contributed by atoms with E-state index in [1.165, 1.54) is 12.3 Å². The van der Waals surface area contributed by atoms with E-state index in [4.69, 9.17) is 16.6 Å². The van der Waals surface area contributed by atoms with Gasteiger partial charge in [-0.05, 0) is 25.2 Å². The van der Waals surface area contributed by atoms with E-state index in [1.54, 1.807) is 4.90 Å². The Kier molecular flexibility index (Phi) is 9.36. The minimum Gasteiger partial charge on any atom is -0.498 e. The highest BCUT2D eigenvalue weighted by molar-refractivity contribution is 6.31. The number of hydrogen-bond donors (Lipinski definition) is 3. The third-order valence-corrected chi connectivity index (χ3v) is 8.69. The molecule has 2 aliphatic heterocycles. The summed E-state index contributed by atoms with van der Waals surface area (Å²) in [6.45, 7) is 6.74. The molecule has 2 aliphatic rings. The standard InChI is InChI=1S/C29H31ClF3N9O5/c1-3-38(4-2)17-14-40(15-17)28-36-22-18(12-35-42(25(22)44)20-7-5-6-19(30)21(20)29(31,32)33)24(37-28)39-10-11-41(16(13-39)8-9-34)26(45)23(43)27(46)47/h5-7,12,16-17,43,46-47H,3-4,8,10-11,13-15H2,1-2H3. The lowest BCUT2D eigenvalue weighted by Crippen LogP contribution is -2.60. The zero-order chi connectivity index (χ0) is 34.2. The molecule has 2 saturated heterocycles. The van der Waals surface area contributed by atoms with Crippen molar-refractivity contribution in [3.63, 3.8) is 0 Å². The maximum Gasteiger partial charge on any atom is 0.419 e. The van der Waals surface area contributed by atoms with Gasteiger partial charge in [-0.3, -0.25) is 14.5 Å². The number of benzene rings is 1. The second-order valence-corrected chi connectivity index (χ2v) is 11.4. The van der Waals surface area contributed by atoms with Gasteiger partial charge in [0.2, 0.25) is 5.95 Å². The Morgan fingerprint density at radius 3 is 2.43 bits per heavy atom. The molecule has 5 rings (SSSR count). The van der Waals surface area contributed by atoms with Crippen molar-refractivity contribution in [1.82, 2.24) is 29.5 Å². The van der Waals surface area contributed by atoms with Gasteiger partial charge in [0.05, 0.1) is 46.4 Å². The van der Waals surface area contributed by atoms with Gasteiger partial charge in [-0.15, -0.1) is 0 Å². The molecule has 1 amide bonds. The third kappa shape index (κ3) is 6.30. The number of carbonyl (C=O) groups is 1. The van der Waals surface area contributed by atoms with Crippen molar-refractivity contribution in [2.24, 2.45) is 0 Å². The number of fused-ring (bicyclic) bond motifs is 1. The predicted molar refractivity (Wildman–Crippen MR) is 165 cm³/mol. The topological polar surface area (TPSA) is 175 Å². The molecule has 18 heteroatoms. The van der Waals surface area contributed by atoms with Crippen molar-refractivity contribution in [3.05, 3.63) is 57.0 Å². The summed E-state index contributed by atoms with van der Waals surface area (Å²) in [4.78, 5) is 42.8. The predicted octanol–water partition coefficient (Wildman–Crippen LogP) is 3.15. The number of amides is 1. The molecule has 2 fully saturated rings. The summed E-state index contributed by atoms with van der Waals surface area (Å²) in [7, 11) is 0. The first kappa shape index (κ1) is 33.5. The number of aromatic nitrogens is 4. The number of rotatable bonds is 8. The molecule has 3 N–H and O–H groups in total. The number of aliphatic hydroxyl groups excluding tert-OH is 2. The van der Waals surface area contributed by atoms with Crippen molar-refractivity contribution >= 4 is 40.2 Å². The summed E-state index contributed by atoms with van der Waals surface area (Å²) in [6, 6.07) is 4.74. The summed E-state index contributed by atoms with van der Waals surface area (Å²) in [5, 5.41) is 41.4. The molecule has 0 aliphatic carbocycles. The Hall–Kier alpha value is -4.82. The first-order chi connectivity index (χ1) is 22.3. The van der Waals surface area contributed by atoms with Crippen molar-refractivity contribution in [3.8, 4) is 11.8 Å². The van der Waals surface area contributed by atoms with Crippen molar-refractivity contribution in [1.29, 1.82) is 5.26 Å². The molecule has 0 spiro atoms. The average molecular weight is 678 g/mol. The lowest BCUT2D eigenvalue weighted by atomic mass is 10.1. The number of nitriles is 1. The highest BCUT2D eigenvalue weighted by atomic mass is 35.5. The second-order valence-electron chi connectivity index (χ2n) is 11.0. The van der Waals surface area contributed by atoms with E-state index in [-0.39, 0.29) is 54.8 Å². The summed E-state index contributed by atoms with van der Waals surface area (Å²) in [5.41, 5.74) is -2.97. The fraction of sp³-hybridized carbons (Fsp3) is 0.448. The molecular weight excluding hydrogens is 647 g/mol. The quantitative estimate of drug-likeness (QED) is 0.235. The van der Waals surface area contributed by atoms with Crippen LogP contribution in [-0.4, -0.2) is 109 Å². The van der Waals surface area contributed by atoms with Crippen LogP contribution in [0.25, 0.3) is 16.6 Å². The molecule has 4 heterocycles. The van der Waals surface area contributed by atoms with Crippen LogP contribution in [0.1, 0.15) is 25.8 Å². The number of carbonyl (C=O) groups excluding carboxylic acids is 1. The number of likely N-dealkylation sites (N-methyl/N-ethyl adjacent to an activating group) is 1. The Labute approximate surface area is 271 Å². The van der Waals surface area contributed by atoms with E-state index in [1.807, 2.05) is 24.8 Å². The number of alkyl halides is 3. The lowest BCUT2D eigenvalue weighted by Gasteiger charge is -2.45. The summed E-state index contributed by atoms with van der Waals surface area (Å²) in [6.07, 6.45) is -3.91. The summed E-state index contributed by atoms with van der Waals surface area (Å²) < 4.78 is 42.7. The van der Waals surface area contributed by atoms with Gasteiger partial charge >= 0.3 is 12.1 Å². The number of halogens is 4. The number of piperazine rings is 1. The largest absolute Gasteiger partial charge is 0.498 e. The van der Waals surface area contributed by atoms with Gasteiger partial charge in [0.1, 0.15) is 11.3 Å². The maximum absolute atomic E-state index is 14.0. The molecular formula is C29H31ClF3N9O5. The van der Waals surface area contributed by atoms with E-state index in [0.29, 0.717) is 17.8 Å². The molecule has 250 valence electrons. The smallest absolute Gasteiger partial charge is 0.419 e. The fourth-order valence-electron chi connectivity index (χ4n) is 5.94. The summed E-state index contributed by atoms with van der Waals surface area (Å²) in [5.74, 6) is -3.56. The molecule has 1 atom stereocenters. The minimum atomic E-state index is -4.90. The second kappa shape index (κ2) is 13.1. The van der Waals surface area contributed by atoms with Crippen LogP contribution in [0.5, 0.6) is 0 Å². The Morgan fingerprint density at radius 2 is 1.81 bits per heavy atom.